The van der Waals surface area contributed by atoms with Gasteiger partial charge in [-0.3, -0.25) is 9.59 Å². The first kappa shape index (κ1) is 22.6. The van der Waals surface area contributed by atoms with Crippen molar-refractivity contribution >= 4 is 79.7 Å². The largest absolute Gasteiger partial charge is 0.377 e. The summed E-state index contributed by atoms with van der Waals surface area (Å²) in [6, 6.07) is 8.06. The van der Waals surface area contributed by atoms with E-state index in [1.807, 2.05) is 0 Å². The third-order valence-electron chi connectivity index (χ3n) is 3.52. The van der Waals surface area contributed by atoms with E-state index in [9.17, 15) is 18.0 Å². The number of carbonyl (C=O) groups is 2. The van der Waals surface area contributed by atoms with E-state index in [0.717, 1.165) is 11.8 Å². The van der Waals surface area contributed by atoms with Crippen LogP contribution in [0.5, 0.6) is 5.75 Å². The molecule has 0 saturated carbocycles. The summed E-state index contributed by atoms with van der Waals surface area (Å²) in [5.74, 6) is -1.23. The van der Waals surface area contributed by atoms with Crippen molar-refractivity contribution in [3.05, 3.63) is 61.9 Å². The monoisotopic (exact) mass is 504 g/mol. The van der Waals surface area contributed by atoms with Gasteiger partial charge in [-0.1, -0.05) is 34.8 Å². The van der Waals surface area contributed by atoms with Crippen molar-refractivity contribution in [2.75, 3.05) is 0 Å². The third-order valence-corrected chi connectivity index (χ3v) is 6.41. The number of rotatable bonds is 4. The van der Waals surface area contributed by atoms with Crippen LogP contribution in [0.3, 0.4) is 0 Å². The van der Waals surface area contributed by atoms with Gasteiger partial charge in [0.05, 0.1) is 9.93 Å². The average molecular weight is 506 g/mol. The number of amidine groups is 1. The highest BCUT2D eigenvalue weighted by molar-refractivity contribution is 8.18. The third kappa shape index (κ3) is 5.35. The van der Waals surface area contributed by atoms with Gasteiger partial charge in [-0.25, -0.2) is 0 Å². The Hall–Kier alpha value is -2.04. The number of nitrogens with zero attached hydrogens (tertiary/aromatic N) is 1. The zero-order valence-corrected chi connectivity index (χ0v) is 18.9. The second-order valence-corrected chi connectivity index (χ2v) is 9.67. The van der Waals surface area contributed by atoms with Gasteiger partial charge in [-0.05, 0) is 54.2 Å². The summed E-state index contributed by atoms with van der Waals surface area (Å²) in [6.07, 6.45) is 1.33. The molecule has 1 N–H and O–H groups in total. The van der Waals surface area contributed by atoms with Crippen LogP contribution in [0, 0.1) is 0 Å². The predicted octanol–water partition coefficient (Wildman–Crippen LogP) is 4.52. The molecule has 1 aliphatic rings. The molecule has 0 unspecified atom stereocenters. The molecule has 30 heavy (non-hydrogen) atoms. The average Bonchev–Trinajstić information content (AvgIpc) is 2.96. The van der Waals surface area contributed by atoms with Gasteiger partial charge in [0.25, 0.3) is 5.91 Å². The van der Waals surface area contributed by atoms with Crippen molar-refractivity contribution in [1.82, 2.24) is 5.32 Å². The lowest BCUT2D eigenvalue weighted by atomic mass is 10.2. The van der Waals surface area contributed by atoms with E-state index in [2.05, 4.69) is 10.3 Å². The molecule has 0 saturated heterocycles. The van der Waals surface area contributed by atoms with Crippen LogP contribution < -0.4 is 9.50 Å². The normalized spacial score (nSPS) is 15.3. The summed E-state index contributed by atoms with van der Waals surface area (Å²) in [5, 5.41) is 2.99. The predicted molar refractivity (Wildman–Crippen MR) is 118 cm³/mol. The Balaban J connectivity index is 1.99. The Morgan fingerprint density at radius 2 is 1.80 bits per heavy atom. The van der Waals surface area contributed by atoms with Crippen molar-refractivity contribution in [1.29, 1.82) is 0 Å². The smallest absolute Gasteiger partial charge is 0.339 e. The first-order valence-corrected chi connectivity index (χ1v) is 11.4. The number of thioether (sulfide) groups is 1. The lowest BCUT2D eigenvalue weighted by Gasteiger charge is -2.12. The minimum Gasteiger partial charge on any atom is -0.377 e. The summed E-state index contributed by atoms with van der Waals surface area (Å²) < 4.78 is 30.6. The van der Waals surface area contributed by atoms with Crippen LogP contribution in [0.2, 0.25) is 15.1 Å². The lowest BCUT2D eigenvalue weighted by molar-refractivity contribution is -0.117. The SMILES string of the molecule is CC(=O)NC1=NC(=O)/C(=C\c2cc(Cl)cc(Cl)c2OS(=O)(=O)c2ccc(Cl)cc2)S1. The zero-order valence-electron chi connectivity index (χ0n) is 15.0. The molecule has 0 radical (unpaired) electrons. The van der Waals surface area contributed by atoms with Crippen molar-refractivity contribution in [2.45, 2.75) is 11.8 Å². The fourth-order valence-electron chi connectivity index (χ4n) is 2.29. The first-order valence-electron chi connectivity index (χ1n) is 8.04. The molecule has 1 heterocycles. The molecular weight excluding hydrogens is 495 g/mol. The number of amides is 2. The molecular formula is C18H11Cl3N2O5S2. The van der Waals surface area contributed by atoms with Gasteiger partial charge >= 0.3 is 10.1 Å². The molecule has 7 nitrogen and oxygen atoms in total. The number of benzene rings is 2. The number of hydrogen-bond acceptors (Lipinski definition) is 6. The van der Waals surface area contributed by atoms with Gasteiger partial charge in [0.15, 0.2) is 10.9 Å². The van der Waals surface area contributed by atoms with Crippen LogP contribution in [0.25, 0.3) is 6.08 Å². The van der Waals surface area contributed by atoms with E-state index in [-0.39, 0.29) is 42.2 Å². The van der Waals surface area contributed by atoms with E-state index in [0.29, 0.717) is 5.02 Å². The standard InChI is InChI=1S/C18H11Cl3N2O5S2/c1-9(24)22-18-23-17(25)15(29-18)7-10-6-12(20)8-14(21)16(10)28-30(26,27)13-4-2-11(19)3-5-13/h2-8H,1H3,(H,22,23,24,25)/b15-7+. The van der Waals surface area contributed by atoms with Crippen LogP contribution in [0.1, 0.15) is 12.5 Å². The molecule has 0 fully saturated rings. The Bertz CT molecular complexity index is 1210. The molecule has 0 atom stereocenters. The molecule has 2 aromatic rings. The molecule has 3 rings (SSSR count). The van der Waals surface area contributed by atoms with Crippen molar-refractivity contribution in [2.24, 2.45) is 4.99 Å². The maximum absolute atomic E-state index is 12.7. The Morgan fingerprint density at radius 1 is 1.13 bits per heavy atom. The summed E-state index contributed by atoms with van der Waals surface area (Å²) in [4.78, 5) is 27.0. The van der Waals surface area contributed by atoms with Gasteiger partial charge < -0.3 is 9.50 Å². The van der Waals surface area contributed by atoms with E-state index in [4.69, 9.17) is 39.0 Å². The highest BCUT2D eigenvalue weighted by Gasteiger charge is 2.25. The van der Waals surface area contributed by atoms with E-state index >= 15 is 0 Å². The van der Waals surface area contributed by atoms with E-state index in [1.54, 1.807) is 0 Å². The molecule has 0 bridgehead atoms. The zero-order chi connectivity index (χ0) is 22.1. The van der Waals surface area contributed by atoms with Crippen LogP contribution in [-0.4, -0.2) is 25.4 Å². The van der Waals surface area contributed by atoms with Crippen molar-refractivity contribution in [3.8, 4) is 5.75 Å². The first-order chi connectivity index (χ1) is 14.0. The molecule has 0 aliphatic carbocycles. The lowest BCUT2D eigenvalue weighted by Crippen LogP contribution is -2.23. The highest BCUT2D eigenvalue weighted by atomic mass is 35.5. The number of aliphatic imine (C=N–C) groups is 1. The molecule has 0 spiro atoms. The Labute approximate surface area is 191 Å². The fraction of sp³-hybridized carbons (Fsp3) is 0.0556. The molecule has 2 amide bonds. The van der Waals surface area contributed by atoms with Crippen LogP contribution >= 0.6 is 46.6 Å². The summed E-state index contributed by atoms with van der Waals surface area (Å²) in [5.41, 5.74) is 0.139. The van der Waals surface area contributed by atoms with Crippen LogP contribution in [-0.2, 0) is 19.7 Å². The number of nitrogens with one attached hydrogen (secondary N) is 1. The highest BCUT2D eigenvalue weighted by Crippen LogP contribution is 2.38. The van der Waals surface area contributed by atoms with Gasteiger partial charge in [-0.15, -0.1) is 0 Å². The minimum atomic E-state index is -4.25. The molecule has 1 aliphatic heterocycles. The summed E-state index contributed by atoms with van der Waals surface area (Å²) >= 11 is 18.9. The van der Waals surface area contributed by atoms with Gasteiger partial charge in [0.2, 0.25) is 5.91 Å². The molecule has 0 aromatic heterocycles. The van der Waals surface area contributed by atoms with Crippen LogP contribution in [0.4, 0.5) is 0 Å². The fourth-order valence-corrected chi connectivity index (χ4v) is 4.83. The summed E-state index contributed by atoms with van der Waals surface area (Å²) in [6.45, 7) is 1.28. The van der Waals surface area contributed by atoms with Gasteiger partial charge in [0, 0.05) is 22.5 Å². The van der Waals surface area contributed by atoms with Gasteiger partial charge in [-0.2, -0.15) is 13.4 Å². The topological polar surface area (TPSA) is 102 Å². The second kappa shape index (κ2) is 8.99. The van der Waals surface area contributed by atoms with E-state index < -0.39 is 16.0 Å². The number of halogens is 3. The molecule has 12 heteroatoms. The maximum Gasteiger partial charge on any atom is 0.339 e. The maximum atomic E-state index is 12.7. The van der Waals surface area contributed by atoms with E-state index in [1.165, 1.54) is 49.4 Å². The Kier molecular flexibility index (Phi) is 6.78. The quantitative estimate of drug-likeness (QED) is 0.484. The van der Waals surface area contributed by atoms with Crippen molar-refractivity contribution in [3.63, 3.8) is 0 Å². The summed E-state index contributed by atoms with van der Waals surface area (Å²) in [7, 11) is -4.25. The molecule has 2 aromatic carbocycles. The second-order valence-electron chi connectivity index (χ2n) is 5.81. The van der Waals surface area contributed by atoms with Crippen molar-refractivity contribution < 1.29 is 22.2 Å². The molecule has 156 valence electrons. The van der Waals surface area contributed by atoms with Crippen LogP contribution in [0.15, 0.2) is 51.2 Å². The Morgan fingerprint density at radius 3 is 2.43 bits per heavy atom. The number of hydrogen-bond donors (Lipinski definition) is 1. The number of carbonyl (C=O) groups excluding carboxylic acids is 2. The van der Waals surface area contributed by atoms with Gasteiger partial charge in [0.1, 0.15) is 4.90 Å². The minimum absolute atomic E-state index is 0.0784.